The van der Waals surface area contributed by atoms with E-state index in [1.165, 1.54) is 0 Å². The van der Waals surface area contributed by atoms with E-state index >= 15 is 0 Å². The zero-order valence-electron chi connectivity index (χ0n) is 12.6. The lowest BCUT2D eigenvalue weighted by molar-refractivity contribution is 0.0697. The molecule has 0 saturated heterocycles. The highest BCUT2D eigenvalue weighted by Crippen LogP contribution is 2.28. The number of carboxylic acids is 1. The van der Waals surface area contributed by atoms with Crippen molar-refractivity contribution in [1.29, 1.82) is 0 Å². The molecule has 0 radical (unpaired) electrons. The van der Waals surface area contributed by atoms with Crippen LogP contribution in [0.4, 0.5) is 0 Å². The van der Waals surface area contributed by atoms with Crippen LogP contribution < -0.4 is 0 Å². The summed E-state index contributed by atoms with van der Waals surface area (Å²) in [5.74, 6) is -0.934. The van der Waals surface area contributed by atoms with Gasteiger partial charge in [0, 0.05) is 22.2 Å². The molecular formula is C20H13NO3. The van der Waals surface area contributed by atoms with E-state index in [-0.39, 0.29) is 5.56 Å². The first-order valence-corrected chi connectivity index (χ1v) is 7.49. The number of rotatable bonds is 3. The van der Waals surface area contributed by atoms with Crippen molar-refractivity contribution in [3.05, 3.63) is 71.8 Å². The van der Waals surface area contributed by atoms with Crippen LogP contribution >= 0.6 is 0 Å². The quantitative estimate of drug-likeness (QED) is 0.547. The van der Waals surface area contributed by atoms with Crippen molar-refractivity contribution in [1.82, 2.24) is 4.98 Å². The molecule has 0 atom stereocenters. The van der Waals surface area contributed by atoms with Gasteiger partial charge in [-0.05, 0) is 52.7 Å². The summed E-state index contributed by atoms with van der Waals surface area (Å²) in [6.45, 7) is 0. The third-order valence-electron chi connectivity index (χ3n) is 4.18. The zero-order chi connectivity index (χ0) is 16.7. The number of hydrogen-bond acceptors (Lipinski definition) is 2. The van der Waals surface area contributed by atoms with Gasteiger partial charge in [-0.3, -0.25) is 4.79 Å². The standard InChI is InChI=1S/C20H13NO3/c22-11-12-1-2-14-8-15(4-3-13(14)7-12)19-10-17-9-16(20(23)24)5-6-18(17)21-19/h1-11,21H,(H,23,24). The van der Waals surface area contributed by atoms with E-state index in [1.54, 1.807) is 24.3 Å². The third kappa shape index (κ3) is 2.34. The molecule has 0 bridgehead atoms. The van der Waals surface area contributed by atoms with E-state index in [0.29, 0.717) is 5.56 Å². The lowest BCUT2D eigenvalue weighted by atomic mass is 10.0. The summed E-state index contributed by atoms with van der Waals surface area (Å²) in [7, 11) is 0. The summed E-state index contributed by atoms with van der Waals surface area (Å²) < 4.78 is 0. The Morgan fingerprint density at radius 2 is 1.67 bits per heavy atom. The number of carbonyl (C=O) groups is 2. The smallest absolute Gasteiger partial charge is 0.335 e. The molecule has 0 spiro atoms. The Kier molecular flexibility index (Phi) is 3.17. The molecule has 0 saturated carbocycles. The number of aromatic nitrogens is 1. The van der Waals surface area contributed by atoms with Crippen LogP contribution in [-0.4, -0.2) is 22.3 Å². The van der Waals surface area contributed by atoms with Crippen molar-refractivity contribution in [3.63, 3.8) is 0 Å². The highest BCUT2D eigenvalue weighted by Gasteiger charge is 2.08. The Hall–Kier alpha value is -3.40. The van der Waals surface area contributed by atoms with Gasteiger partial charge in [-0.15, -0.1) is 0 Å². The second-order valence-corrected chi connectivity index (χ2v) is 5.73. The van der Waals surface area contributed by atoms with Crippen LogP contribution in [0.15, 0.2) is 60.7 Å². The van der Waals surface area contributed by atoms with Gasteiger partial charge < -0.3 is 10.1 Å². The first-order valence-electron chi connectivity index (χ1n) is 7.49. The molecule has 0 unspecified atom stereocenters. The predicted octanol–water partition coefficient (Wildman–Crippen LogP) is 4.50. The van der Waals surface area contributed by atoms with Crippen LogP contribution in [0.1, 0.15) is 20.7 Å². The Morgan fingerprint density at radius 3 is 2.46 bits per heavy atom. The molecule has 1 heterocycles. The number of H-pyrrole nitrogens is 1. The maximum atomic E-state index is 11.1. The summed E-state index contributed by atoms with van der Waals surface area (Å²) in [6.07, 6.45) is 0.838. The molecule has 0 amide bonds. The number of aromatic carboxylic acids is 1. The van der Waals surface area contributed by atoms with Crippen LogP contribution in [0.3, 0.4) is 0 Å². The van der Waals surface area contributed by atoms with Crippen molar-refractivity contribution in [2.45, 2.75) is 0 Å². The fraction of sp³-hybridized carbons (Fsp3) is 0. The minimum atomic E-state index is -0.934. The van der Waals surface area contributed by atoms with Gasteiger partial charge in [0.1, 0.15) is 6.29 Å². The van der Waals surface area contributed by atoms with Crippen molar-refractivity contribution >= 4 is 33.9 Å². The summed E-state index contributed by atoms with van der Waals surface area (Å²) >= 11 is 0. The largest absolute Gasteiger partial charge is 0.478 e. The molecule has 1 aromatic heterocycles. The minimum Gasteiger partial charge on any atom is -0.478 e. The second-order valence-electron chi connectivity index (χ2n) is 5.73. The van der Waals surface area contributed by atoms with Crippen LogP contribution in [0.25, 0.3) is 32.9 Å². The van der Waals surface area contributed by atoms with E-state index < -0.39 is 5.97 Å². The topological polar surface area (TPSA) is 70.2 Å². The highest BCUT2D eigenvalue weighted by molar-refractivity contribution is 5.96. The molecule has 4 rings (SSSR count). The number of aldehydes is 1. The molecule has 0 aliphatic rings. The van der Waals surface area contributed by atoms with Gasteiger partial charge in [0.05, 0.1) is 5.56 Å². The summed E-state index contributed by atoms with van der Waals surface area (Å²) in [5, 5.41) is 12.0. The van der Waals surface area contributed by atoms with Gasteiger partial charge in [-0.1, -0.05) is 24.3 Å². The average Bonchev–Trinajstić information content (AvgIpc) is 3.03. The van der Waals surface area contributed by atoms with Gasteiger partial charge in [0.25, 0.3) is 0 Å². The van der Waals surface area contributed by atoms with E-state index in [9.17, 15) is 9.59 Å². The summed E-state index contributed by atoms with van der Waals surface area (Å²) in [6, 6.07) is 18.6. The highest BCUT2D eigenvalue weighted by atomic mass is 16.4. The van der Waals surface area contributed by atoms with E-state index in [0.717, 1.165) is 39.2 Å². The Bertz CT molecular complexity index is 1110. The average molecular weight is 315 g/mol. The monoisotopic (exact) mass is 315 g/mol. The molecule has 4 nitrogen and oxygen atoms in total. The molecule has 0 aliphatic heterocycles. The van der Waals surface area contributed by atoms with E-state index in [1.807, 2.05) is 36.4 Å². The summed E-state index contributed by atoms with van der Waals surface area (Å²) in [5.41, 5.74) is 3.75. The molecule has 24 heavy (non-hydrogen) atoms. The van der Waals surface area contributed by atoms with Crippen LogP contribution in [0, 0.1) is 0 Å². The number of fused-ring (bicyclic) bond motifs is 2. The molecule has 0 fully saturated rings. The van der Waals surface area contributed by atoms with Crippen LogP contribution in [0.5, 0.6) is 0 Å². The Balaban J connectivity index is 1.82. The van der Waals surface area contributed by atoms with Gasteiger partial charge in [-0.25, -0.2) is 4.79 Å². The van der Waals surface area contributed by atoms with Crippen molar-refractivity contribution in [2.75, 3.05) is 0 Å². The molecule has 4 aromatic rings. The SMILES string of the molecule is O=Cc1ccc2cc(-c3cc4cc(C(=O)O)ccc4[nH]3)ccc2c1. The Morgan fingerprint density at radius 1 is 0.875 bits per heavy atom. The molecule has 3 aromatic carbocycles. The lowest BCUT2D eigenvalue weighted by Crippen LogP contribution is -1.94. The molecule has 0 aliphatic carbocycles. The lowest BCUT2D eigenvalue weighted by Gasteiger charge is -2.03. The van der Waals surface area contributed by atoms with Crippen molar-refractivity contribution < 1.29 is 14.7 Å². The van der Waals surface area contributed by atoms with Gasteiger partial charge in [-0.2, -0.15) is 0 Å². The van der Waals surface area contributed by atoms with Crippen molar-refractivity contribution in [2.24, 2.45) is 0 Å². The van der Waals surface area contributed by atoms with Gasteiger partial charge in [0.15, 0.2) is 0 Å². The fourth-order valence-corrected chi connectivity index (χ4v) is 2.93. The Labute approximate surface area is 137 Å². The number of aromatic amines is 1. The maximum absolute atomic E-state index is 11.1. The molecule has 2 N–H and O–H groups in total. The predicted molar refractivity (Wildman–Crippen MR) is 93.6 cm³/mol. The number of benzene rings is 3. The zero-order valence-corrected chi connectivity index (χ0v) is 12.6. The number of carbonyl (C=O) groups excluding carboxylic acids is 1. The maximum Gasteiger partial charge on any atom is 0.335 e. The first-order chi connectivity index (χ1) is 11.6. The summed E-state index contributed by atoms with van der Waals surface area (Å²) in [4.78, 5) is 25.3. The van der Waals surface area contributed by atoms with E-state index in [4.69, 9.17) is 5.11 Å². The van der Waals surface area contributed by atoms with Crippen LogP contribution in [0.2, 0.25) is 0 Å². The number of nitrogens with one attached hydrogen (secondary N) is 1. The van der Waals surface area contributed by atoms with Gasteiger partial charge in [0.2, 0.25) is 0 Å². The van der Waals surface area contributed by atoms with Gasteiger partial charge >= 0.3 is 5.97 Å². The first kappa shape index (κ1) is 14.2. The van der Waals surface area contributed by atoms with Crippen LogP contribution in [-0.2, 0) is 0 Å². The normalized spacial score (nSPS) is 11.0. The third-order valence-corrected chi connectivity index (χ3v) is 4.18. The second kappa shape index (κ2) is 5.35. The number of hydrogen-bond donors (Lipinski definition) is 2. The minimum absolute atomic E-state index is 0.271. The van der Waals surface area contributed by atoms with E-state index in [2.05, 4.69) is 4.98 Å². The molecular weight excluding hydrogens is 302 g/mol. The number of carboxylic acid groups (broad SMARTS) is 1. The van der Waals surface area contributed by atoms with Crippen molar-refractivity contribution in [3.8, 4) is 11.3 Å². The fourth-order valence-electron chi connectivity index (χ4n) is 2.93. The molecule has 4 heteroatoms. The molecule has 116 valence electrons.